The Morgan fingerprint density at radius 3 is 2.87 bits per heavy atom. The standard InChI is InChI=1S/C21H27ClN6O2S/c22-17-10-25-19(27-21(29)15-2-1-5-28(31)13-15)8-16(17)18-11-23-12-20(26-18)24-9-14-3-6-30-7-4-14/h8,10-12,14-15,31H,1-7,9,13H2,(H,24,26)(H,25,27,29)/t15-/m1/s1. The number of hydrogen-bond donors (Lipinski definition) is 3. The zero-order valence-corrected chi connectivity index (χ0v) is 18.9. The van der Waals surface area contributed by atoms with Crippen molar-refractivity contribution in [3.8, 4) is 11.3 Å². The summed E-state index contributed by atoms with van der Waals surface area (Å²) in [6.07, 6.45) is 8.78. The average molecular weight is 463 g/mol. The summed E-state index contributed by atoms with van der Waals surface area (Å²) in [4.78, 5) is 25.9. The van der Waals surface area contributed by atoms with E-state index in [1.54, 1.807) is 18.5 Å². The number of anilines is 2. The lowest BCUT2D eigenvalue weighted by Crippen LogP contribution is -2.36. The van der Waals surface area contributed by atoms with Crippen molar-refractivity contribution >= 4 is 42.0 Å². The van der Waals surface area contributed by atoms with E-state index in [1.165, 1.54) is 6.20 Å². The molecular formula is C21H27ClN6O2S. The van der Waals surface area contributed by atoms with Crippen LogP contribution in [0.15, 0.2) is 24.7 Å². The van der Waals surface area contributed by atoms with Crippen molar-refractivity contribution < 1.29 is 9.53 Å². The monoisotopic (exact) mass is 462 g/mol. The third kappa shape index (κ3) is 6.06. The number of thiol groups is 1. The van der Waals surface area contributed by atoms with Gasteiger partial charge in [0.15, 0.2) is 0 Å². The van der Waals surface area contributed by atoms with Gasteiger partial charge >= 0.3 is 0 Å². The number of carbonyl (C=O) groups excluding carboxylic acids is 1. The maximum atomic E-state index is 12.6. The first-order chi connectivity index (χ1) is 15.1. The van der Waals surface area contributed by atoms with Crippen LogP contribution in [-0.2, 0) is 9.53 Å². The third-order valence-corrected chi connectivity index (χ3v) is 6.37. The molecule has 1 amide bonds. The lowest BCUT2D eigenvalue weighted by atomic mass is 9.99. The fourth-order valence-electron chi connectivity index (χ4n) is 3.88. The molecule has 0 bridgehead atoms. The highest BCUT2D eigenvalue weighted by Crippen LogP contribution is 2.29. The van der Waals surface area contributed by atoms with Crippen LogP contribution in [0.4, 0.5) is 11.6 Å². The van der Waals surface area contributed by atoms with Crippen LogP contribution in [-0.4, -0.2) is 58.0 Å². The molecule has 4 rings (SSSR count). The van der Waals surface area contributed by atoms with Crippen LogP contribution < -0.4 is 10.6 Å². The van der Waals surface area contributed by atoms with Gasteiger partial charge in [0, 0.05) is 44.6 Å². The molecule has 8 nitrogen and oxygen atoms in total. The van der Waals surface area contributed by atoms with Gasteiger partial charge in [-0.2, -0.15) is 0 Å². The Morgan fingerprint density at radius 2 is 2.06 bits per heavy atom. The second kappa shape index (κ2) is 10.6. The van der Waals surface area contributed by atoms with Gasteiger partial charge in [0.2, 0.25) is 5.91 Å². The van der Waals surface area contributed by atoms with Gasteiger partial charge in [-0.3, -0.25) is 14.1 Å². The molecule has 2 aromatic heterocycles. The average Bonchev–Trinajstić information content (AvgIpc) is 2.80. The fourth-order valence-corrected chi connectivity index (χ4v) is 4.42. The number of hydrogen-bond acceptors (Lipinski definition) is 8. The van der Waals surface area contributed by atoms with Gasteiger partial charge in [0.25, 0.3) is 0 Å². The van der Waals surface area contributed by atoms with E-state index in [0.29, 0.717) is 40.4 Å². The number of halogens is 1. The van der Waals surface area contributed by atoms with E-state index >= 15 is 0 Å². The summed E-state index contributed by atoms with van der Waals surface area (Å²) in [5.74, 6) is 1.54. The van der Waals surface area contributed by atoms with Crippen LogP contribution in [0.3, 0.4) is 0 Å². The predicted molar refractivity (Wildman–Crippen MR) is 124 cm³/mol. The molecule has 2 aliphatic rings. The number of nitrogens with one attached hydrogen (secondary N) is 2. The molecule has 2 fully saturated rings. The minimum Gasteiger partial charge on any atom is -0.381 e. The van der Waals surface area contributed by atoms with Gasteiger partial charge in [-0.05, 0) is 37.7 Å². The normalized spacial score (nSPS) is 20.4. The first kappa shape index (κ1) is 22.3. The maximum Gasteiger partial charge on any atom is 0.229 e. The van der Waals surface area contributed by atoms with E-state index in [1.807, 2.05) is 4.31 Å². The molecule has 0 unspecified atom stereocenters. The smallest absolute Gasteiger partial charge is 0.229 e. The molecule has 2 N–H and O–H groups in total. The highest BCUT2D eigenvalue weighted by Gasteiger charge is 2.25. The van der Waals surface area contributed by atoms with Gasteiger partial charge in [-0.1, -0.05) is 24.4 Å². The van der Waals surface area contributed by atoms with Crippen LogP contribution in [0.2, 0.25) is 5.02 Å². The van der Waals surface area contributed by atoms with Crippen molar-refractivity contribution in [3.63, 3.8) is 0 Å². The molecule has 2 aliphatic heterocycles. The third-order valence-electron chi connectivity index (χ3n) is 5.70. The maximum absolute atomic E-state index is 12.6. The summed E-state index contributed by atoms with van der Waals surface area (Å²) >= 11 is 10.8. The molecule has 2 aromatic rings. The summed E-state index contributed by atoms with van der Waals surface area (Å²) in [6, 6.07) is 1.74. The molecule has 31 heavy (non-hydrogen) atoms. The Kier molecular flexibility index (Phi) is 7.60. The van der Waals surface area contributed by atoms with Crippen molar-refractivity contribution in [1.29, 1.82) is 0 Å². The SMILES string of the molecule is O=C(Nc1cc(-c2cncc(NCC3CCOCC3)n2)c(Cl)cn1)[C@@H]1CCCN(S)C1. The van der Waals surface area contributed by atoms with E-state index in [4.69, 9.17) is 16.3 Å². The Bertz CT molecular complexity index is 911. The topological polar surface area (TPSA) is 92.3 Å². The molecule has 0 spiro atoms. The Hall–Kier alpha value is -1.94. The second-order valence-electron chi connectivity index (χ2n) is 8.02. The van der Waals surface area contributed by atoms with Crippen molar-refractivity contribution in [2.24, 2.45) is 11.8 Å². The first-order valence-corrected chi connectivity index (χ1v) is 11.4. The molecule has 0 saturated carbocycles. The second-order valence-corrected chi connectivity index (χ2v) is 8.99. The number of carbonyl (C=O) groups is 1. The number of nitrogens with zero attached hydrogens (tertiary/aromatic N) is 4. The van der Waals surface area contributed by atoms with Crippen LogP contribution in [0.5, 0.6) is 0 Å². The molecule has 1 atom stereocenters. The van der Waals surface area contributed by atoms with Crippen LogP contribution >= 0.6 is 24.4 Å². The predicted octanol–water partition coefficient (Wildman–Crippen LogP) is 3.53. The Balaban J connectivity index is 1.44. The quantitative estimate of drug-likeness (QED) is 0.565. The number of rotatable bonds is 6. The summed E-state index contributed by atoms with van der Waals surface area (Å²) in [5.41, 5.74) is 1.30. The molecule has 0 aliphatic carbocycles. The van der Waals surface area contributed by atoms with Gasteiger partial charge < -0.3 is 15.4 Å². The molecule has 4 heterocycles. The molecule has 10 heteroatoms. The summed E-state index contributed by atoms with van der Waals surface area (Å²) < 4.78 is 7.29. The zero-order chi connectivity index (χ0) is 21.6. The Labute approximate surface area is 192 Å². The lowest BCUT2D eigenvalue weighted by molar-refractivity contribution is -0.120. The van der Waals surface area contributed by atoms with Gasteiger partial charge in [-0.25, -0.2) is 9.97 Å². The summed E-state index contributed by atoms with van der Waals surface area (Å²) in [6.45, 7) is 3.98. The fraction of sp³-hybridized carbons (Fsp3) is 0.524. The first-order valence-electron chi connectivity index (χ1n) is 10.6. The van der Waals surface area contributed by atoms with E-state index in [2.05, 4.69) is 38.4 Å². The van der Waals surface area contributed by atoms with E-state index < -0.39 is 0 Å². The summed E-state index contributed by atoms with van der Waals surface area (Å²) in [7, 11) is 0. The number of ether oxygens (including phenoxy) is 1. The summed E-state index contributed by atoms with van der Waals surface area (Å²) in [5, 5.41) is 6.73. The van der Waals surface area contributed by atoms with Crippen LogP contribution in [0, 0.1) is 11.8 Å². The molecule has 0 radical (unpaired) electrons. The van der Waals surface area contributed by atoms with E-state index in [0.717, 1.165) is 52.0 Å². The number of pyridine rings is 1. The minimum atomic E-state index is -0.107. The molecule has 0 aromatic carbocycles. The van der Waals surface area contributed by atoms with E-state index in [9.17, 15) is 4.79 Å². The van der Waals surface area contributed by atoms with Gasteiger partial charge in [-0.15, -0.1) is 0 Å². The van der Waals surface area contributed by atoms with Gasteiger partial charge in [0.1, 0.15) is 11.6 Å². The zero-order valence-electron chi connectivity index (χ0n) is 17.3. The number of amides is 1. The lowest BCUT2D eigenvalue weighted by Gasteiger charge is -2.27. The van der Waals surface area contributed by atoms with Gasteiger partial charge in [0.05, 0.1) is 29.0 Å². The van der Waals surface area contributed by atoms with Crippen molar-refractivity contribution in [2.75, 3.05) is 43.5 Å². The minimum absolute atomic E-state index is 0.0579. The van der Waals surface area contributed by atoms with Crippen molar-refractivity contribution in [1.82, 2.24) is 19.3 Å². The van der Waals surface area contributed by atoms with Crippen LogP contribution in [0.25, 0.3) is 11.3 Å². The van der Waals surface area contributed by atoms with E-state index in [-0.39, 0.29) is 11.8 Å². The highest BCUT2D eigenvalue weighted by atomic mass is 35.5. The Morgan fingerprint density at radius 1 is 1.23 bits per heavy atom. The largest absolute Gasteiger partial charge is 0.381 e. The van der Waals surface area contributed by atoms with Crippen molar-refractivity contribution in [3.05, 3.63) is 29.7 Å². The number of aromatic nitrogens is 3. The van der Waals surface area contributed by atoms with Crippen molar-refractivity contribution in [2.45, 2.75) is 25.7 Å². The van der Waals surface area contributed by atoms with Crippen LogP contribution in [0.1, 0.15) is 25.7 Å². The molecule has 166 valence electrons. The highest BCUT2D eigenvalue weighted by molar-refractivity contribution is 7.77. The molecular weight excluding hydrogens is 436 g/mol. The number of piperidine rings is 1. The molecule has 2 saturated heterocycles.